The summed E-state index contributed by atoms with van der Waals surface area (Å²) in [7, 11) is 0. The van der Waals surface area contributed by atoms with Crippen LogP contribution in [0.25, 0.3) is 0 Å². The van der Waals surface area contributed by atoms with Crippen molar-refractivity contribution in [3.05, 3.63) is 53.8 Å². The van der Waals surface area contributed by atoms with Crippen LogP contribution >= 0.6 is 0 Å². The van der Waals surface area contributed by atoms with E-state index < -0.39 is 11.8 Å². The number of urea groups is 1. The number of para-hydroxylation sites is 2. The Balaban J connectivity index is 1.96. The van der Waals surface area contributed by atoms with Gasteiger partial charge in [-0.3, -0.25) is 9.69 Å². The van der Waals surface area contributed by atoms with E-state index in [1.54, 1.807) is 44.2 Å². The summed E-state index contributed by atoms with van der Waals surface area (Å²) >= 11 is 0. The molecular formula is C18H18FN3O2. The van der Waals surface area contributed by atoms with E-state index in [0.717, 1.165) is 5.56 Å². The third kappa shape index (κ3) is 3.08. The Morgan fingerprint density at radius 3 is 2.83 bits per heavy atom. The van der Waals surface area contributed by atoms with Crippen molar-refractivity contribution in [2.24, 2.45) is 0 Å². The van der Waals surface area contributed by atoms with Gasteiger partial charge in [-0.1, -0.05) is 18.2 Å². The molecule has 124 valence electrons. The van der Waals surface area contributed by atoms with Gasteiger partial charge < -0.3 is 10.6 Å². The summed E-state index contributed by atoms with van der Waals surface area (Å²) in [6.07, 6.45) is 0.185. The number of amides is 3. The van der Waals surface area contributed by atoms with Gasteiger partial charge in [0.1, 0.15) is 5.82 Å². The van der Waals surface area contributed by atoms with Crippen LogP contribution in [-0.2, 0) is 4.79 Å². The third-order valence-electron chi connectivity index (χ3n) is 4.02. The molecule has 3 amide bonds. The normalized spacial score (nSPS) is 16.9. The molecule has 3 rings (SSSR count). The average molecular weight is 327 g/mol. The molecule has 0 saturated heterocycles. The van der Waals surface area contributed by atoms with Crippen molar-refractivity contribution in [1.82, 2.24) is 0 Å². The Bertz CT molecular complexity index is 807. The first-order valence-corrected chi connectivity index (χ1v) is 7.71. The average Bonchev–Trinajstić information content (AvgIpc) is 2.65. The number of fused-ring (bicyclic) bond motifs is 1. The molecule has 5 nitrogen and oxygen atoms in total. The van der Waals surface area contributed by atoms with Crippen molar-refractivity contribution in [3.8, 4) is 0 Å². The van der Waals surface area contributed by atoms with Crippen molar-refractivity contribution >= 4 is 29.0 Å². The molecule has 2 aromatic carbocycles. The zero-order valence-corrected chi connectivity index (χ0v) is 13.5. The summed E-state index contributed by atoms with van der Waals surface area (Å²) in [6, 6.07) is 10.6. The summed E-state index contributed by atoms with van der Waals surface area (Å²) in [4.78, 5) is 26.3. The summed E-state index contributed by atoms with van der Waals surface area (Å²) in [6.45, 7) is 3.60. The van der Waals surface area contributed by atoms with E-state index >= 15 is 0 Å². The van der Waals surface area contributed by atoms with Crippen LogP contribution in [0, 0.1) is 12.7 Å². The van der Waals surface area contributed by atoms with Crippen molar-refractivity contribution in [2.45, 2.75) is 26.3 Å². The third-order valence-corrected chi connectivity index (χ3v) is 4.02. The first-order chi connectivity index (χ1) is 11.5. The molecule has 0 aliphatic carbocycles. The van der Waals surface area contributed by atoms with Crippen molar-refractivity contribution in [1.29, 1.82) is 0 Å². The van der Waals surface area contributed by atoms with Crippen LogP contribution < -0.4 is 15.5 Å². The van der Waals surface area contributed by atoms with Crippen molar-refractivity contribution in [3.63, 3.8) is 0 Å². The van der Waals surface area contributed by atoms with Gasteiger partial charge in [-0.25, -0.2) is 9.18 Å². The Morgan fingerprint density at radius 2 is 2.04 bits per heavy atom. The summed E-state index contributed by atoms with van der Waals surface area (Å²) in [5, 5.41) is 5.54. The number of carbonyl (C=O) groups excluding carboxylic acids is 2. The van der Waals surface area contributed by atoms with E-state index in [1.165, 1.54) is 17.0 Å². The molecule has 0 radical (unpaired) electrons. The van der Waals surface area contributed by atoms with Gasteiger partial charge in [-0.05, 0) is 43.7 Å². The smallest absolute Gasteiger partial charge is 0.324 e. The monoisotopic (exact) mass is 327 g/mol. The Labute approximate surface area is 139 Å². The number of benzene rings is 2. The van der Waals surface area contributed by atoms with E-state index in [4.69, 9.17) is 0 Å². The first kappa shape index (κ1) is 16.0. The highest BCUT2D eigenvalue weighted by Gasteiger charge is 2.29. The largest absolute Gasteiger partial charge is 0.326 e. The van der Waals surface area contributed by atoms with Crippen LogP contribution in [0.1, 0.15) is 18.9 Å². The van der Waals surface area contributed by atoms with E-state index in [2.05, 4.69) is 10.6 Å². The number of nitrogens with one attached hydrogen (secondary N) is 2. The number of carbonyl (C=O) groups is 2. The van der Waals surface area contributed by atoms with Crippen LogP contribution in [0.2, 0.25) is 0 Å². The molecular weight excluding hydrogens is 309 g/mol. The van der Waals surface area contributed by atoms with Gasteiger partial charge in [0.2, 0.25) is 5.91 Å². The minimum atomic E-state index is -0.419. The van der Waals surface area contributed by atoms with Crippen molar-refractivity contribution in [2.75, 3.05) is 15.5 Å². The summed E-state index contributed by atoms with van der Waals surface area (Å²) in [5.41, 5.74) is 2.36. The molecule has 0 aromatic heterocycles. The minimum absolute atomic E-state index is 0.146. The van der Waals surface area contributed by atoms with E-state index in [-0.39, 0.29) is 18.4 Å². The van der Waals surface area contributed by atoms with Gasteiger partial charge in [-0.15, -0.1) is 0 Å². The van der Waals surface area contributed by atoms with Crippen LogP contribution in [0.5, 0.6) is 0 Å². The molecule has 2 aromatic rings. The van der Waals surface area contributed by atoms with Crippen LogP contribution in [0.15, 0.2) is 42.5 Å². The van der Waals surface area contributed by atoms with E-state index in [1.807, 2.05) is 0 Å². The predicted molar refractivity (Wildman–Crippen MR) is 91.8 cm³/mol. The fourth-order valence-electron chi connectivity index (χ4n) is 2.80. The fraction of sp³-hybridized carbons (Fsp3) is 0.222. The number of hydrogen-bond acceptors (Lipinski definition) is 2. The molecule has 1 heterocycles. The number of nitrogens with zero attached hydrogens (tertiary/aromatic N) is 1. The zero-order chi connectivity index (χ0) is 17.3. The van der Waals surface area contributed by atoms with Gasteiger partial charge in [-0.2, -0.15) is 0 Å². The molecule has 0 bridgehead atoms. The fourth-order valence-corrected chi connectivity index (χ4v) is 2.80. The molecule has 0 spiro atoms. The Morgan fingerprint density at radius 1 is 1.29 bits per heavy atom. The van der Waals surface area contributed by atoms with Crippen LogP contribution in [0.4, 0.5) is 26.2 Å². The molecule has 1 aliphatic heterocycles. The molecule has 0 unspecified atom stereocenters. The molecule has 2 N–H and O–H groups in total. The standard InChI is InChI=1S/C18H18FN3O2/c1-11-7-8-13(19)10-15(11)21-18(24)22-12(2)9-17(23)20-14-5-3-4-6-16(14)22/h3-8,10,12H,9H2,1-2H3,(H,20,23)(H,21,24)/t12-/m1/s1. The number of hydrogen-bond donors (Lipinski definition) is 2. The van der Waals surface area contributed by atoms with Gasteiger partial charge >= 0.3 is 6.03 Å². The number of halogens is 1. The minimum Gasteiger partial charge on any atom is -0.324 e. The summed E-state index contributed by atoms with van der Waals surface area (Å²) < 4.78 is 13.5. The van der Waals surface area contributed by atoms with Gasteiger partial charge in [0.15, 0.2) is 0 Å². The highest BCUT2D eigenvalue weighted by Crippen LogP contribution is 2.32. The lowest BCUT2D eigenvalue weighted by atomic mass is 10.1. The SMILES string of the molecule is Cc1ccc(F)cc1NC(=O)N1c2ccccc2NC(=O)C[C@H]1C. The Hall–Kier alpha value is -2.89. The topological polar surface area (TPSA) is 61.4 Å². The quantitative estimate of drug-likeness (QED) is 0.834. The second-order valence-electron chi connectivity index (χ2n) is 5.88. The second-order valence-corrected chi connectivity index (χ2v) is 5.88. The molecule has 0 saturated carbocycles. The number of rotatable bonds is 1. The molecule has 24 heavy (non-hydrogen) atoms. The highest BCUT2D eigenvalue weighted by atomic mass is 19.1. The summed E-state index contributed by atoms with van der Waals surface area (Å²) in [5.74, 6) is -0.566. The van der Waals surface area contributed by atoms with E-state index in [9.17, 15) is 14.0 Å². The predicted octanol–water partition coefficient (Wildman–Crippen LogP) is 3.90. The first-order valence-electron chi connectivity index (χ1n) is 7.71. The van der Waals surface area contributed by atoms with Crippen LogP contribution in [0.3, 0.4) is 0 Å². The second kappa shape index (κ2) is 6.31. The molecule has 0 fully saturated rings. The van der Waals surface area contributed by atoms with Gasteiger partial charge in [0.25, 0.3) is 0 Å². The highest BCUT2D eigenvalue weighted by molar-refractivity contribution is 6.08. The number of anilines is 3. The lowest BCUT2D eigenvalue weighted by Crippen LogP contribution is -2.42. The lowest BCUT2D eigenvalue weighted by molar-refractivity contribution is -0.116. The van der Waals surface area contributed by atoms with Gasteiger partial charge in [0.05, 0.1) is 11.4 Å². The molecule has 6 heteroatoms. The molecule has 1 atom stereocenters. The number of aryl methyl sites for hydroxylation is 1. The maximum atomic E-state index is 13.5. The molecule has 1 aliphatic rings. The lowest BCUT2D eigenvalue weighted by Gasteiger charge is -2.28. The maximum Gasteiger partial charge on any atom is 0.326 e. The maximum absolute atomic E-state index is 13.5. The zero-order valence-electron chi connectivity index (χ0n) is 13.5. The van der Waals surface area contributed by atoms with E-state index in [0.29, 0.717) is 17.1 Å². The van der Waals surface area contributed by atoms with Gasteiger partial charge in [0, 0.05) is 18.2 Å². The van der Waals surface area contributed by atoms with Crippen molar-refractivity contribution < 1.29 is 14.0 Å². The van der Waals surface area contributed by atoms with Crippen LogP contribution in [-0.4, -0.2) is 18.0 Å². The Kier molecular flexibility index (Phi) is 4.20.